The standard InChI is InChI=1S/C8H10N4.2C2H6/c1-5-4-9-7-6(2)11-12(3)8(7)10-5;2*1-2/h4H,1-3H3;2*1-2H3. The Morgan fingerprint density at radius 3 is 2.19 bits per heavy atom. The van der Waals surface area contributed by atoms with E-state index >= 15 is 0 Å². The van der Waals surface area contributed by atoms with Crippen LogP contribution in [0.2, 0.25) is 0 Å². The smallest absolute Gasteiger partial charge is 0.177 e. The lowest BCUT2D eigenvalue weighted by Gasteiger charge is -1.93. The zero-order chi connectivity index (χ0) is 12.7. The molecular weight excluding hydrogens is 200 g/mol. The van der Waals surface area contributed by atoms with E-state index in [2.05, 4.69) is 15.1 Å². The Bertz CT molecular complexity index is 432. The first-order valence-electron chi connectivity index (χ1n) is 5.81. The van der Waals surface area contributed by atoms with Crippen LogP contribution in [0.4, 0.5) is 0 Å². The van der Waals surface area contributed by atoms with Crippen molar-refractivity contribution in [3.63, 3.8) is 0 Å². The molecule has 0 aliphatic carbocycles. The lowest BCUT2D eigenvalue weighted by Crippen LogP contribution is -1.93. The Balaban J connectivity index is 0.000000509. The summed E-state index contributed by atoms with van der Waals surface area (Å²) in [6.45, 7) is 11.9. The van der Waals surface area contributed by atoms with Gasteiger partial charge in [-0.15, -0.1) is 0 Å². The lowest BCUT2D eigenvalue weighted by molar-refractivity contribution is 0.772. The van der Waals surface area contributed by atoms with Crippen LogP contribution in [0, 0.1) is 13.8 Å². The van der Waals surface area contributed by atoms with E-state index < -0.39 is 0 Å². The van der Waals surface area contributed by atoms with Crippen molar-refractivity contribution < 1.29 is 0 Å². The third kappa shape index (κ3) is 3.02. The number of hydrogen-bond donors (Lipinski definition) is 0. The van der Waals surface area contributed by atoms with E-state index in [1.54, 1.807) is 10.9 Å². The molecule has 4 nitrogen and oxygen atoms in total. The molecule has 2 aromatic heterocycles. The van der Waals surface area contributed by atoms with Crippen LogP contribution in [-0.2, 0) is 7.05 Å². The second kappa shape index (κ2) is 6.93. The number of aromatic nitrogens is 4. The van der Waals surface area contributed by atoms with E-state index in [1.165, 1.54) is 0 Å². The van der Waals surface area contributed by atoms with Crippen LogP contribution in [0.25, 0.3) is 11.2 Å². The summed E-state index contributed by atoms with van der Waals surface area (Å²) >= 11 is 0. The van der Waals surface area contributed by atoms with Gasteiger partial charge < -0.3 is 0 Å². The first-order chi connectivity index (χ1) is 7.68. The van der Waals surface area contributed by atoms with Crippen molar-refractivity contribution in [1.82, 2.24) is 19.7 Å². The Morgan fingerprint density at radius 2 is 1.62 bits per heavy atom. The molecule has 0 saturated carbocycles. The van der Waals surface area contributed by atoms with Gasteiger partial charge in [0.15, 0.2) is 5.65 Å². The highest BCUT2D eigenvalue weighted by atomic mass is 15.3. The molecule has 4 heteroatoms. The second-order valence-corrected chi connectivity index (χ2v) is 2.89. The van der Waals surface area contributed by atoms with Gasteiger partial charge in [-0.3, -0.25) is 0 Å². The van der Waals surface area contributed by atoms with E-state index in [0.717, 1.165) is 22.6 Å². The molecule has 0 fully saturated rings. The Kier molecular flexibility index (Phi) is 6.30. The molecule has 0 amide bonds. The van der Waals surface area contributed by atoms with Gasteiger partial charge in [-0.2, -0.15) is 5.10 Å². The monoisotopic (exact) mass is 222 g/mol. The fourth-order valence-corrected chi connectivity index (χ4v) is 1.27. The molecule has 0 aliphatic rings. The highest BCUT2D eigenvalue weighted by Crippen LogP contribution is 2.11. The van der Waals surface area contributed by atoms with Crippen molar-refractivity contribution in [1.29, 1.82) is 0 Å². The lowest BCUT2D eigenvalue weighted by atomic mass is 10.4. The fraction of sp³-hybridized carbons (Fsp3) is 0.583. The molecule has 0 atom stereocenters. The van der Waals surface area contributed by atoms with E-state index in [1.807, 2.05) is 48.6 Å². The third-order valence-electron chi connectivity index (χ3n) is 1.82. The summed E-state index contributed by atoms with van der Waals surface area (Å²) in [6, 6.07) is 0. The fourth-order valence-electron chi connectivity index (χ4n) is 1.27. The number of fused-ring (bicyclic) bond motifs is 1. The molecule has 0 radical (unpaired) electrons. The Labute approximate surface area is 97.7 Å². The predicted molar refractivity (Wildman–Crippen MR) is 68.5 cm³/mol. The van der Waals surface area contributed by atoms with Gasteiger partial charge in [-0.1, -0.05) is 27.7 Å². The van der Waals surface area contributed by atoms with Gasteiger partial charge in [0.05, 0.1) is 11.4 Å². The van der Waals surface area contributed by atoms with Crippen LogP contribution >= 0.6 is 0 Å². The molecule has 16 heavy (non-hydrogen) atoms. The first kappa shape index (κ1) is 14.6. The van der Waals surface area contributed by atoms with Crippen LogP contribution < -0.4 is 0 Å². The topological polar surface area (TPSA) is 43.6 Å². The van der Waals surface area contributed by atoms with Crippen molar-refractivity contribution in [2.24, 2.45) is 7.05 Å². The van der Waals surface area contributed by atoms with Crippen LogP contribution in [0.3, 0.4) is 0 Å². The van der Waals surface area contributed by atoms with Gasteiger partial charge in [0, 0.05) is 13.2 Å². The summed E-state index contributed by atoms with van der Waals surface area (Å²) in [4.78, 5) is 8.59. The normalized spacial score (nSPS) is 8.94. The second-order valence-electron chi connectivity index (χ2n) is 2.89. The molecule has 90 valence electrons. The SMILES string of the molecule is CC.CC.Cc1cnc2c(C)nn(C)c2n1. The quantitative estimate of drug-likeness (QED) is 0.688. The van der Waals surface area contributed by atoms with Crippen molar-refractivity contribution in [2.45, 2.75) is 41.5 Å². The summed E-state index contributed by atoms with van der Waals surface area (Å²) in [5.74, 6) is 0. The van der Waals surface area contributed by atoms with Gasteiger partial charge in [-0.25, -0.2) is 14.6 Å². The number of aryl methyl sites for hydroxylation is 3. The van der Waals surface area contributed by atoms with Gasteiger partial charge in [0.1, 0.15) is 5.52 Å². The molecule has 0 aliphatic heterocycles. The Hall–Kier alpha value is -1.45. The van der Waals surface area contributed by atoms with E-state index in [-0.39, 0.29) is 0 Å². The van der Waals surface area contributed by atoms with Crippen molar-refractivity contribution in [2.75, 3.05) is 0 Å². The minimum Gasteiger partial charge on any atom is -0.249 e. The molecular formula is C12H22N4. The van der Waals surface area contributed by atoms with Crippen molar-refractivity contribution in [3.8, 4) is 0 Å². The summed E-state index contributed by atoms with van der Waals surface area (Å²) in [6.07, 6.45) is 1.76. The van der Waals surface area contributed by atoms with Crippen molar-refractivity contribution >= 4 is 11.2 Å². The highest BCUT2D eigenvalue weighted by Gasteiger charge is 2.06. The third-order valence-corrected chi connectivity index (χ3v) is 1.82. The summed E-state index contributed by atoms with van der Waals surface area (Å²) < 4.78 is 1.75. The van der Waals surface area contributed by atoms with E-state index in [9.17, 15) is 0 Å². The number of nitrogens with zero attached hydrogens (tertiary/aromatic N) is 4. The summed E-state index contributed by atoms with van der Waals surface area (Å²) in [5.41, 5.74) is 3.60. The number of hydrogen-bond acceptors (Lipinski definition) is 3. The molecule has 0 aromatic carbocycles. The van der Waals surface area contributed by atoms with Crippen LogP contribution in [0.5, 0.6) is 0 Å². The molecule has 0 unspecified atom stereocenters. The maximum atomic E-state index is 4.33. The van der Waals surface area contributed by atoms with Crippen LogP contribution in [-0.4, -0.2) is 19.7 Å². The maximum Gasteiger partial charge on any atom is 0.177 e. The summed E-state index contributed by atoms with van der Waals surface area (Å²) in [5, 5.41) is 4.22. The van der Waals surface area contributed by atoms with E-state index in [0.29, 0.717) is 0 Å². The first-order valence-corrected chi connectivity index (χ1v) is 5.81. The highest BCUT2D eigenvalue weighted by molar-refractivity contribution is 5.72. The largest absolute Gasteiger partial charge is 0.249 e. The number of rotatable bonds is 0. The van der Waals surface area contributed by atoms with Gasteiger partial charge in [-0.05, 0) is 13.8 Å². The minimum absolute atomic E-state index is 0.854. The van der Waals surface area contributed by atoms with Crippen LogP contribution in [0.15, 0.2) is 6.20 Å². The van der Waals surface area contributed by atoms with Gasteiger partial charge in [0.2, 0.25) is 0 Å². The summed E-state index contributed by atoms with van der Waals surface area (Å²) in [7, 11) is 1.88. The molecule has 0 bridgehead atoms. The molecule has 2 rings (SSSR count). The molecule has 0 N–H and O–H groups in total. The maximum absolute atomic E-state index is 4.33. The predicted octanol–water partition coefficient (Wildman–Crippen LogP) is 3.03. The zero-order valence-corrected chi connectivity index (χ0v) is 11.4. The Morgan fingerprint density at radius 1 is 1.06 bits per heavy atom. The molecule has 2 heterocycles. The van der Waals surface area contributed by atoms with E-state index in [4.69, 9.17) is 0 Å². The van der Waals surface area contributed by atoms with Gasteiger partial charge >= 0.3 is 0 Å². The zero-order valence-electron chi connectivity index (χ0n) is 11.4. The minimum atomic E-state index is 0.854. The van der Waals surface area contributed by atoms with Gasteiger partial charge in [0.25, 0.3) is 0 Å². The molecule has 0 spiro atoms. The molecule has 0 saturated heterocycles. The average Bonchev–Trinajstić information content (AvgIpc) is 2.60. The van der Waals surface area contributed by atoms with Crippen LogP contribution in [0.1, 0.15) is 39.1 Å². The molecule has 2 aromatic rings. The van der Waals surface area contributed by atoms with Crippen molar-refractivity contribution in [3.05, 3.63) is 17.6 Å². The average molecular weight is 222 g/mol.